The predicted molar refractivity (Wildman–Crippen MR) is 127 cm³/mol. The number of anilines is 1. The van der Waals surface area contributed by atoms with Crippen molar-refractivity contribution in [2.75, 3.05) is 5.32 Å². The molecule has 1 amide bonds. The van der Waals surface area contributed by atoms with Gasteiger partial charge in [-0.15, -0.1) is 0 Å². The molecule has 3 aromatic carbocycles. The van der Waals surface area contributed by atoms with Crippen molar-refractivity contribution in [3.8, 4) is 5.75 Å². The molecule has 1 heterocycles. The Bertz CT molecular complexity index is 1240. The van der Waals surface area contributed by atoms with E-state index in [0.717, 1.165) is 16.9 Å². The van der Waals surface area contributed by atoms with Crippen LogP contribution in [-0.2, 0) is 13.2 Å². The Balaban J connectivity index is 1.39. The molecular weight excluding hydrogens is 398 g/mol. The van der Waals surface area contributed by atoms with Crippen molar-refractivity contribution < 1.29 is 9.53 Å². The minimum atomic E-state index is -0.172. The van der Waals surface area contributed by atoms with Gasteiger partial charge in [-0.3, -0.25) is 9.48 Å². The van der Waals surface area contributed by atoms with Gasteiger partial charge in [-0.05, 0) is 61.2 Å². The number of ether oxygens (including phenoxy) is 1. The van der Waals surface area contributed by atoms with Crippen molar-refractivity contribution in [3.05, 3.63) is 113 Å². The summed E-state index contributed by atoms with van der Waals surface area (Å²) in [5.74, 6) is 0.681. The maximum absolute atomic E-state index is 12.8. The Morgan fingerprint density at radius 2 is 1.81 bits per heavy atom. The van der Waals surface area contributed by atoms with Crippen LogP contribution in [0.2, 0.25) is 0 Å². The van der Waals surface area contributed by atoms with Crippen LogP contribution in [0, 0.1) is 20.8 Å². The van der Waals surface area contributed by atoms with E-state index in [4.69, 9.17) is 4.74 Å². The number of amides is 1. The third-order valence-corrected chi connectivity index (χ3v) is 5.40. The number of aromatic nitrogens is 2. The summed E-state index contributed by atoms with van der Waals surface area (Å²) in [5, 5.41) is 7.31. The first-order chi connectivity index (χ1) is 15.5. The fourth-order valence-electron chi connectivity index (χ4n) is 3.60. The number of hydrogen-bond donors (Lipinski definition) is 1. The molecule has 0 fully saturated rings. The highest BCUT2D eigenvalue weighted by atomic mass is 16.5. The quantitative estimate of drug-likeness (QED) is 0.414. The summed E-state index contributed by atoms with van der Waals surface area (Å²) >= 11 is 0. The number of nitrogens with zero attached hydrogens (tertiary/aromatic N) is 2. The number of hydrogen-bond acceptors (Lipinski definition) is 3. The zero-order valence-corrected chi connectivity index (χ0v) is 18.6. The second-order valence-electron chi connectivity index (χ2n) is 8.07. The molecule has 0 aliphatic carbocycles. The monoisotopic (exact) mass is 425 g/mol. The molecule has 162 valence electrons. The van der Waals surface area contributed by atoms with Crippen molar-refractivity contribution in [1.82, 2.24) is 9.78 Å². The van der Waals surface area contributed by atoms with E-state index in [1.807, 2.05) is 60.3 Å². The third-order valence-electron chi connectivity index (χ3n) is 5.40. The van der Waals surface area contributed by atoms with Gasteiger partial charge in [0.25, 0.3) is 5.91 Å². The van der Waals surface area contributed by atoms with E-state index in [-0.39, 0.29) is 5.91 Å². The molecule has 0 radical (unpaired) electrons. The van der Waals surface area contributed by atoms with Crippen molar-refractivity contribution in [2.45, 2.75) is 33.9 Å². The van der Waals surface area contributed by atoms with E-state index in [1.54, 1.807) is 12.3 Å². The number of rotatable bonds is 7. The molecule has 4 aromatic rings. The lowest BCUT2D eigenvalue weighted by atomic mass is 10.1. The summed E-state index contributed by atoms with van der Waals surface area (Å²) in [6, 6.07) is 21.8. The van der Waals surface area contributed by atoms with E-state index in [1.165, 1.54) is 16.7 Å². The first-order valence-corrected chi connectivity index (χ1v) is 10.7. The zero-order valence-electron chi connectivity index (χ0n) is 18.6. The Labute approximate surface area is 188 Å². The Kier molecular flexibility index (Phi) is 6.36. The minimum Gasteiger partial charge on any atom is -0.489 e. The molecule has 0 saturated heterocycles. The van der Waals surface area contributed by atoms with Crippen molar-refractivity contribution in [2.24, 2.45) is 0 Å². The lowest BCUT2D eigenvalue weighted by Crippen LogP contribution is -2.12. The highest BCUT2D eigenvalue weighted by molar-refractivity contribution is 6.04. The molecule has 4 rings (SSSR count). The van der Waals surface area contributed by atoms with Gasteiger partial charge in [0.2, 0.25) is 0 Å². The SMILES string of the molecule is Cc1ccc(OCc2cccc(C(=O)Nc3cnn(Cc4ccccc4C)c3)c2)c(C)c1. The Hall–Kier alpha value is -3.86. The maximum Gasteiger partial charge on any atom is 0.255 e. The normalized spacial score (nSPS) is 10.7. The molecule has 0 spiro atoms. The van der Waals surface area contributed by atoms with Crippen LogP contribution in [0.25, 0.3) is 0 Å². The standard InChI is InChI=1S/C27H27N3O2/c1-19-11-12-26(21(3)13-19)32-18-22-8-6-10-23(14-22)27(31)29-25-15-28-30(17-25)16-24-9-5-4-7-20(24)2/h4-15,17H,16,18H2,1-3H3,(H,29,31). The van der Waals surface area contributed by atoms with E-state index in [2.05, 4.69) is 42.5 Å². The summed E-state index contributed by atoms with van der Waals surface area (Å²) in [6.07, 6.45) is 3.51. The molecular formula is C27H27N3O2. The number of aryl methyl sites for hydroxylation is 3. The van der Waals surface area contributed by atoms with Crippen LogP contribution < -0.4 is 10.1 Å². The van der Waals surface area contributed by atoms with Gasteiger partial charge in [-0.1, -0.05) is 54.1 Å². The molecule has 0 unspecified atom stereocenters. The average molecular weight is 426 g/mol. The van der Waals surface area contributed by atoms with E-state index < -0.39 is 0 Å². The fraction of sp³-hybridized carbons (Fsp3) is 0.185. The highest BCUT2D eigenvalue weighted by Gasteiger charge is 2.10. The molecule has 0 bridgehead atoms. The van der Waals surface area contributed by atoms with Gasteiger partial charge < -0.3 is 10.1 Å². The molecule has 1 N–H and O–H groups in total. The summed E-state index contributed by atoms with van der Waals surface area (Å²) in [6.45, 7) is 7.24. The minimum absolute atomic E-state index is 0.172. The lowest BCUT2D eigenvalue weighted by molar-refractivity contribution is 0.102. The van der Waals surface area contributed by atoms with Gasteiger partial charge in [-0.2, -0.15) is 5.10 Å². The Morgan fingerprint density at radius 3 is 2.62 bits per heavy atom. The number of carbonyl (C=O) groups excluding carboxylic acids is 1. The van der Waals surface area contributed by atoms with Gasteiger partial charge in [0.1, 0.15) is 12.4 Å². The van der Waals surface area contributed by atoms with E-state index in [9.17, 15) is 4.79 Å². The van der Waals surface area contributed by atoms with Crippen LogP contribution >= 0.6 is 0 Å². The third kappa shape index (κ3) is 5.24. The largest absolute Gasteiger partial charge is 0.489 e. The first kappa shape index (κ1) is 21.4. The predicted octanol–water partition coefficient (Wildman–Crippen LogP) is 5.69. The molecule has 1 aromatic heterocycles. The van der Waals surface area contributed by atoms with Gasteiger partial charge >= 0.3 is 0 Å². The molecule has 0 atom stereocenters. The summed E-state index contributed by atoms with van der Waals surface area (Å²) in [7, 11) is 0. The van der Waals surface area contributed by atoms with Crippen LogP contribution in [0.1, 0.15) is 38.2 Å². The molecule has 5 heteroatoms. The van der Waals surface area contributed by atoms with Gasteiger partial charge in [-0.25, -0.2) is 0 Å². The summed E-state index contributed by atoms with van der Waals surface area (Å²) < 4.78 is 7.78. The summed E-state index contributed by atoms with van der Waals surface area (Å²) in [5.41, 5.74) is 6.91. The fourth-order valence-corrected chi connectivity index (χ4v) is 3.60. The Morgan fingerprint density at radius 1 is 0.969 bits per heavy atom. The van der Waals surface area contributed by atoms with E-state index in [0.29, 0.717) is 24.4 Å². The van der Waals surface area contributed by atoms with Gasteiger partial charge in [0, 0.05) is 11.8 Å². The zero-order chi connectivity index (χ0) is 22.5. The molecule has 0 saturated carbocycles. The number of benzene rings is 3. The smallest absolute Gasteiger partial charge is 0.255 e. The molecule has 0 aliphatic rings. The van der Waals surface area contributed by atoms with Crippen molar-refractivity contribution in [1.29, 1.82) is 0 Å². The van der Waals surface area contributed by atoms with Crippen molar-refractivity contribution >= 4 is 11.6 Å². The van der Waals surface area contributed by atoms with E-state index >= 15 is 0 Å². The first-order valence-electron chi connectivity index (χ1n) is 10.7. The van der Waals surface area contributed by atoms with Gasteiger partial charge in [0.15, 0.2) is 0 Å². The average Bonchev–Trinajstić information content (AvgIpc) is 3.21. The van der Waals surface area contributed by atoms with Crippen LogP contribution in [0.3, 0.4) is 0 Å². The second-order valence-corrected chi connectivity index (χ2v) is 8.07. The van der Waals surface area contributed by atoms with Crippen molar-refractivity contribution in [3.63, 3.8) is 0 Å². The highest BCUT2D eigenvalue weighted by Crippen LogP contribution is 2.20. The molecule has 0 aliphatic heterocycles. The molecule has 5 nitrogen and oxygen atoms in total. The maximum atomic E-state index is 12.8. The lowest BCUT2D eigenvalue weighted by Gasteiger charge is -2.11. The van der Waals surface area contributed by atoms with Crippen LogP contribution in [0.15, 0.2) is 79.1 Å². The van der Waals surface area contributed by atoms with Gasteiger partial charge in [0.05, 0.1) is 18.4 Å². The molecule has 32 heavy (non-hydrogen) atoms. The van der Waals surface area contributed by atoms with Crippen LogP contribution in [0.5, 0.6) is 5.75 Å². The summed E-state index contributed by atoms with van der Waals surface area (Å²) in [4.78, 5) is 12.8. The van der Waals surface area contributed by atoms with Crippen LogP contribution in [0.4, 0.5) is 5.69 Å². The topological polar surface area (TPSA) is 56.1 Å². The van der Waals surface area contributed by atoms with Crippen LogP contribution in [-0.4, -0.2) is 15.7 Å². The number of nitrogens with one attached hydrogen (secondary N) is 1. The second kappa shape index (κ2) is 9.52. The number of carbonyl (C=O) groups is 1.